The van der Waals surface area contributed by atoms with Gasteiger partial charge in [-0.25, -0.2) is 0 Å². The number of rotatable bonds is 11. The normalized spacial score (nSPS) is 25.1. The molecule has 0 spiro atoms. The van der Waals surface area contributed by atoms with Crippen molar-refractivity contribution >= 4 is 21.8 Å². The summed E-state index contributed by atoms with van der Waals surface area (Å²) in [5.74, 6) is 1.29. The first-order valence-electron chi connectivity index (χ1n) is 17.9. The maximum absolute atomic E-state index is 6.08. The second-order valence-corrected chi connectivity index (χ2v) is 27.6. The molecule has 242 valence electrons. The lowest BCUT2D eigenvalue weighted by Gasteiger charge is -2.43. The SMILES string of the molecule is Cc1ccc2c(c1)C1C(c3ccccc3C1[Si](C)(CCCCCCOC(C)(C)C)C1CC(C[Si](C)(C)C)c3ccccc31)N2C. The highest BCUT2D eigenvalue weighted by molar-refractivity contribution is 6.82. The molecular weight excluding hydrogens is 579 g/mol. The van der Waals surface area contributed by atoms with E-state index in [-0.39, 0.29) is 5.60 Å². The predicted octanol–water partition coefficient (Wildman–Crippen LogP) is 11.5. The molecule has 2 aliphatic carbocycles. The van der Waals surface area contributed by atoms with Gasteiger partial charge in [-0.2, -0.15) is 0 Å². The van der Waals surface area contributed by atoms with Gasteiger partial charge in [-0.05, 0) is 91.4 Å². The van der Waals surface area contributed by atoms with E-state index in [9.17, 15) is 0 Å². The molecular formula is C41H59NOSi2. The summed E-state index contributed by atoms with van der Waals surface area (Å²) in [5, 5.41) is 0. The maximum atomic E-state index is 6.08. The standard InChI is InChI=1S/C41H59NOSi2/c1-29-22-23-36-35(26-29)38-39(42(36)5)33-20-14-15-21-34(33)40(38)45(9,25-17-11-10-16-24-43-41(2,3)4)37-27-30(28-44(6,7)8)31-18-12-13-19-32(31)37/h12-15,18-23,26,30,37-40H,10-11,16-17,24-25,27-28H2,1-9H3. The first-order valence-corrected chi connectivity index (χ1v) is 24.5. The number of likely N-dealkylation sites (N-methyl/N-ethyl adjacent to an activating group) is 1. The van der Waals surface area contributed by atoms with E-state index >= 15 is 0 Å². The smallest absolute Gasteiger partial charge is 0.0667 e. The molecule has 0 amide bonds. The number of nitrogens with zero attached hydrogens (tertiary/aromatic N) is 1. The Hall–Kier alpha value is -2.15. The molecule has 2 nitrogen and oxygen atoms in total. The van der Waals surface area contributed by atoms with Crippen LogP contribution in [0.15, 0.2) is 66.7 Å². The van der Waals surface area contributed by atoms with Crippen LogP contribution in [0, 0.1) is 6.92 Å². The summed E-state index contributed by atoms with van der Waals surface area (Å²) in [7, 11) is -0.792. The van der Waals surface area contributed by atoms with Crippen LogP contribution in [0.3, 0.4) is 0 Å². The molecule has 0 fully saturated rings. The van der Waals surface area contributed by atoms with Crippen LogP contribution in [0.2, 0.25) is 38.3 Å². The number of anilines is 1. The number of ether oxygens (including phenoxy) is 1. The second kappa shape index (κ2) is 12.5. The minimum absolute atomic E-state index is 0.0384. The van der Waals surface area contributed by atoms with E-state index in [0.717, 1.165) is 18.1 Å². The number of fused-ring (bicyclic) bond motifs is 6. The molecule has 1 aliphatic heterocycles. The quantitative estimate of drug-likeness (QED) is 0.153. The first-order chi connectivity index (χ1) is 21.3. The van der Waals surface area contributed by atoms with Crippen LogP contribution in [0.5, 0.6) is 0 Å². The minimum atomic E-state index is -1.95. The Morgan fingerprint density at radius 1 is 0.778 bits per heavy atom. The van der Waals surface area contributed by atoms with Gasteiger partial charge >= 0.3 is 0 Å². The van der Waals surface area contributed by atoms with Crippen molar-refractivity contribution in [2.24, 2.45) is 0 Å². The monoisotopic (exact) mass is 637 g/mol. The van der Waals surface area contributed by atoms with Gasteiger partial charge in [-0.3, -0.25) is 0 Å². The zero-order valence-corrected chi connectivity index (χ0v) is 31.7. The lowest BCUT2D eigenvalue weighted by atomic mass is 9.94. The van der Waals surface area contributed by atoms with E-state index in [1.54, 1.807) is 27.8 Å². The topological polar surface area (TPSA) is 12.5 Å². The van der Waals surface area contributed by atoms with Gasteiger partial charge in [0, 0.05) is 33.3 Å². The molecule has 3 aliphatic rings. The number of hydrogen-bond donors (Lipinski definition) is 0. The predicted molar refractivity (Wildman–Crippen MR) is 200 cm³/mol. The van der Waals surface area contributed by atoms with E-state index in [1.165, 1.54) is 55.4 Å². The van der Waals surface area contributed by atoms with Gasteiger partial charge in [0.2, 0.25) is 0 Å². The Morgan fingerprint density at radius 2 is 1.42 bits per heavy atom. The fourth-order valence-corrected chi connectivity index (χ4v) is 17.7. The number of hydrogen-bond acceptors (Lipinski definition) is 2. The third kappa shape index (κ3) is 6.41. The van der Waals surface area contributed by atoms with Crippen LogP contribution < -0.4 is 4.90 Å². The van der Waals surface area contributed by atoms with Crippen LogP contribution in [0.1, 0.15) is 115 Å². The Labute approximate surface area is 277 Å². The summed E-state index contributed by atoms with van der Waals surface area (Å²) >= 11 is 0. The Bertz CT molecular complexity index is 1500. The molecule has 45 heavy (non-hydrogen) atoms. The molecule has 3 aromatic rings. The first kappa shape index (κ1) is 32.8. The summed E-state index contributed by atoms with van der Waals surface area (Å²) < 4.78 is 6.08. The Balaban J connectivity index is 1.39. The molecule has 6 unspecified atom stereocenters. The Kier molecular flexibility index (Phi) is 9.08. The summed E-state index contributed by atoms with van der Waals surface area (Å²) in [5.41, 5.74) is 12.5. The number of unbranched alkanes of at least 4 members (excludes halogenated alkanes) is 3. The molecule has 1 heterocycles. The fraction of sp³-hybridized carbons (Fsp3) is 0.561. The average molecular weight is 638 g/mol. The van der Waals surface area contributed by atoms with Gasteiger partial charge in [-0.15, -0.1) is 0 Å². The summed E-state index contributed by atoms with van der Waals surface area (Å²) in [6.07, 6.45) is 6.49. The zero-order chi connectivity index (χ0) is 32.1. The highest BCUT2D eigenvalue weighted by Gasteiger charge is 2.58. The molecule has 3 aromatic carbocycles. The highest BCUT2D eigenvalue weighted by Crippen LogP contribution is 2.66. The van der Waals surface area contributed by atoms with Crippen LogP contribution in [0.25, 0.3) is 0 Å². The highest BCUT2D eigenvalue weighted by atomic mass is 28.3. The summed E-state index contributed by atoms with van der Waals surface area (Å²) in [4.78, 5) is 2.64. The largest absolute Gasteiger partial charge is 0.376 e. The van der Waals surface area contributed by atoms with Crippen LogP contribution >= 0.6 is 0 Å². The molecule has 0 saturated carbocycles. The third-order valence-electron chi connectivity index (χ3n) is 11.5. The molecule has 0 radical (unpaired) electrons. The van der Waals surface area contributed by atoms with E-state index < -0.39 is 16.1 Å². The second-order valence-electron chi connectivity index (χ2n) is 17.3. The molecule has 0 bridgehead atoms. The minimum Gasteiger partial charge on any atom is -0.376 e. The van der Waals surface area contributed by atoms with Crippen LogP contribution in [-0.4, -0.2) is 35.4 Å². The molecule has 4 heteroatoms. The van der Waals surface area contributed by atoms with Gasteiger partial charge in [0.15, 0.2) is 0 Å². The van der Waals surface area contributed by atoms with Crippen molar-refractivity contribution in [2.45, 2.75) is 133 Å². The van der Waals surface area contributed by atoms with E-state index in [4.69, 9.17) is 4.74 Å². The van der Waals surface area contributed by atoms with Crippen molar-refractivity contribution in [3.05, 3.63) is 100 Å². The van der Waals surface area contributed by atoms with Gasteiger partial charge in [0.1, 0.15) is 0 Å². The molecule has 0 saturated heterocycles. The summed E-state index contributed by atoms with van der Waals surface area (Å²) in [6.45, 7) is 20.3. The van der Waals surface area contributed by atoms with E-state index in [0.29, 0.717) is 17.5 Å². The lowest BCUT2D eigenvalue weighted by Crippen LogP contribution is -2.46. The number of aryl methyl sites for hydroxylation is 1. The summed E-state index contributed by atoms with van der Waals surface area (Å²) in [6, 6.07) is 30.0. The Morgan fingerprint density at radius 3 is 2.11 bits per heavy atom. The molecule has 0 aromatic heterocycles. The van der Waals surface area contributed by atoms with Crippen molar-refractivity contribution in [3.8, 4) is 0 Å². The van der Waals surface area contributed by atoms with Crippen molar-refractivity contribution < 1.29 is 4.74 Å². The maximum Gasteiger partial charge on any atom is 0.0667 e. The molecule has 6 rings (SSSR count). The van der Waals surface area contributed by atoms with Crippen molar-refractivity contribution in [1.82, 2.24) is 0 Å². The van der Waals surface area contributed by atoms with Gasteiger partial charge in [0.05, 0.1) is 19.7 Å². The average Bonchev–Trinajstić information content (AvgIpc) is 3.60. The van der Waals surface area contributed by atoms with Gasteiger partial charge < -0.3 is 9.64 Å². The van der Waals surface area contributed by atoms with E-state index in [1.807, 2.05) is 0 Å². The van der Waals surface area contributed by atoms with Crippen molar-refractivity contribution in [2.75, 3.05) is 18.6 Å². The van der Waals surface area contributed by atoms with Crippen LogP contribution in [0.4, 0.5) is 5.69 Å². The molecule has 0 N–H and O–H groups in total. The fourth-order valence-electron chi connectivity index (χ4n) is 9.79. The lowest BCUT2D eigenvalue weighted by molar-refractivity contribution is -0.00471. The zero-order valence-electron chi connectivity index (χ0n) is 29.7. The molecule has 6 atom stereocenters. The van der Waals surface area contributed by atoms with E-state index in [2.05, 4.69) is 133 Å². The van der Waals surface area contributed by atoms with Crippen molar-refractivity contribution in [1.29, 1.82) is 0 Å². The third-order valence-corrected chi connectivity index (χ3v) is 18.9. The van der Waals surface area contributed by atoms with Gasteiger partial charge in [0.25, 0.3) is 0 Å². The van der Waals surface area contributed by atoms with Crippen LogP contribution in [-0.2, 0) is 4.74 Å². The van der Waals surface area contributed by atoms with Gasteiger partial charge in [-0.1, -0.05) is 124 Å². The number of benzene rings is 3. The van der Waals surface area contributed by atoms with Crippen molar-refractivity contribution in [3.63, 3.8) is 0 Å².